The monoisotopic (exact) mass is 526 g/mol. The molecule has 1 N–H and O–H groups in total. The molecule has 1 aliphatic heterocycles. The Morgan fingerprint density at radius 3 is 2.36 bits per heavy atom. The van der Waals surface area contributed by atoms with Gasteiger partial charge in [0.25, 0.3) is 15.7 Å². The van der Waals surface area contributed by atoms with E-state index < -0.39 is 43.8 Å². The molecule has 1 saturated carbocycles. The number of urea groups is 1. The SMILES string of the molecule is CC(C)OC(=O)Nc1cc(CN2C(=O)N(c3ccc(S(=O)(=O)C(F)(F)F)cc3)C(=O)C23CC3)ccn1. The first-order valence-corrected chi connectivity index (χ1v) is 12.2. The third-order valence-corrected chi connectivity index (χ3v) is 7.21. The Balaban J connectivity index is 1.55. The second-order valence-corrected chi connectivity index (χ2v) is 10.6. The molecule has 4 amide bonds. The molecule has 1 spiro atoms. The molecule has 0 unspecified atom stereocenters. The predicted octanol–water partition coefficient (Wildman–Crippen LogP) is 3.83. The molecule has 1 aromatic heterocycles. The Morgan fingerprint density at radius 1 is 1.17 bits per heavy atom. The number of nitrogens with zero attached hydrogens (tertiary/aromatic N) is 3. The van der Waals surface area contributed by atoms with Crippen molar-refractivity contribution in [3.05, 3.63) is 48.2 Å². The number of hydrogen-bond donors (Lipinski definition) is 1. The topological polar surface area (TPSA) is 126 Å². The number of pyridine rings is 1. The summed E-state index contributed by atoms with van der Waals surface area (Å²) >= 11 is 0. The van der Waals surface area contributed by atoms with Crippen molar-refractivity contribution in [1.29, 1.82) is 0 Å². The van der Waals surface area contributed by atoms with Crippen LogP contribution in [0.25, 0.3) is 0 Å². The number of carbonyl (C=O) groups excluding carboxylic acids is 3. The van der Waals surface area contributed by atoms with Gasteiger partial charge in [-0.05, 0) is 68.7 Å². The number of halogens is 3. The normalized spacial score (nSPS) is 17.2. The number of aromatic nitrogens is 1. The van der Waals surface area contributed by atoms with Crippen molar-refractivity contribution < 1.29 is 40.7 Å². The fourth-order valence-corrected chi connectivity index (χ4v) is 4.60. The van der Waals surface area contributed by atoms with E-state index in [1.165, 1.54) is 17.2 Å². The molecule has 36 heavy (non-hydrogen) atoms. The van der Waals surface area contributed by atoms with Crippen LogP contribution in [-0.4, -0.2) is 53.5 Å². The van der Waals surface area contributed by atoms with Crippen molar-refractivity contribution in [3.63, 3.8) is 0 Å². The smallest absolute Gasteiger partial charge is 0.447 e. The van der Waals surface area contributed by atoms with Crippen LogP contribution in [0.3, 0.4) is 0 Å². The van der Waals surface area contributed by atoms with E-state index >= 15 is 0 Å². The highest BCUT2D eigenvalue weighted by Crippen LogP contribution is 2.49. The van der Waals surface area contributed by atoms with Crippen LogP contribution in [-0.2, 0) is 25.9 Å². The first kappa shape index (κ1) is 25.4. The number of hydrogen-bond acceptors (Lipinski definition) is 7. The molecule has 0 radical (unpaired) electrons. The zero-order chi connectivity index (χ0) is 26.5. The van der Waals surface area contributed by atoms with Crippen LogP contribution in [0.5, 0.6) is 0 Å². The maximum atomic E-state index is 13.2. The van der Waals surface area contributed by atoms with E-state index in [0.29, 0.717) is 30.5 Å². The van der Waals surface area contributed by atoms with Crippen molar-refractivity contribution >= 4 is 39.4 Å². The van der Waals surface area contributed by atoms with Crippen LogP contribution >= 0.6 is 0 Å². The molecule has 192 valence electrons. The number of alkyl halides is 3. The van der Waals surface area contributed by atoms with Crippen LogP contribution in [0.15, 0.2) is 47.5 Å². The number of sulfone groups is 1. The molecule has 1 aliphatic carbocycles. The van der Waals surface area contributed by atoms with E-state index in [0.717, 1.165) is 17.0 Å². The van der Waals surface area contributed by atoms with Crippen molar-refractivity contribution in [2.45, 2.75) is 55.3 Å². The standard InChI is InChI=1S/C22H21F3N4O6S/c1-13(2)35-19(31)27-17-11-14(7-10-26-17)12-28-20(32)29(18(30)21(28)8-9-21)15-3-5-16(6-4-15)36(33,34)22(23,24)25/h3-7,10-11,13H,8-9,12H2,1-2H3,(H,26,27,31). The second-order valence-electron chi connectivity index (χ2n) is 8.61. The Kier molecular flexibility index (Phi) is 6.19. The molecule has 10 nitrogen and oxygen atoms in total. The summed E-state index contributed by atoms with van der Waals surface area (Å²) in [6, 6.07) is 5.82. The van der Waals surface area contributed by atoms with Crippen molar-refractivity contribution in [3.8, 4) is 0 Å². The van der Waals surface area contributed by atoms with Gasteiger partial charge in [0.2, 0.25) is 0 Å². The van der Waals surface area contributed by atoms with Crippen LogP contribution in [0.1, 0.15) is 32.3 Å². The minimum atomic E-state index is -5.57. The first-order chi connectivity index (χ1) is 16.8. The van der Waals surface area contributed by atoms with Gasteiger partial charge in [-0.3, -0.25) is 10.1 Å². The van der Waals surface area contributed by atoms with Crippen LogP contribution in [0.4, 0.5) is 34.3 Å². The summed E-state index contributed by atoms with van der Waals surface area (Å²) in [7, 11) is -5.57. The molecule has 2 aliphatic rings. The van der Waals surface area contributed by atoms with Gasteiger partial charge in [-0.15, -0.1) is 0 Å². The average Bonchev–Trinajstić information content (AvgIpc) is 3.55. The molecule has 2 heterocycles. The third-order valence-electron chi connectivity index (χ3n) is 5.71. The third kappa shape index (κ3) is 4.47. The van der Waals surface area contributed by atoms with E-state index in [-0.39, 0.29) is 24.2 Å². The van der Waals surface area contributed by atoms with Crippen molar-refractivity contribution in [2.75, 3.05) is 10.2 Å². The molecule has 4 rings (SSSR count). The molecule has 2 fully saturated rings. The summed E-state index contributed by atoms with van der Waals surface area (Å²) in [5.41, 5.74) is -6.06. The number of ether oxygens (including phenoxy) is 1. The van der Waals surface area contributed by atoms with Gasteiger partial charge in [-0.25, -0.2) is 27.9 Å². The number of rotatable bonds is 6. The van der Waals surface area contributed by atoms with Crippen LogP contribution in [0, 0.1) is 0 Å². The summed E-state index contributed by atoms with van der Waals surface area (Å²) in [4.78, 5) is 43.4. The quantitative estimate of drug-likeness (QED) is 0.567. The number of carbonyl (C=O) groups is 3. The Bertz CT molecular complexity index is 1320. The van der Waals surface area contributed by atoms with Crippen LogP contribution in [0.2, 0.25) is 0 Å². The summed E-state index contributed by atoms with van der Waals surface area (Å²) in [5.74, 6) is -0.369. The first-order valence-electron chi connectivity index (χ1n) is 10.8. The summed E-state index contributed by atoms with van der Waals surface area (Å²) in [6.45, 7) is 3.37. The Hall–Kier alpha value is -3.68. The van der Waals surface area contributed by atoms with Gasteiger partial charge in [0, 0.05) is 12.7 Å². The lowest BCUT2D eigenvalue weighted by atomic mass is 10.2. The average molecular weight is 526 g/mol. The maximum Gasteiger partial charge on any atom is 0.501 e. The number of benzene rings is 1. The number of imide groups is 1. The lowest BCUT2D eigenvalue weighted by molar-refractivity contribution is -0.120. The summed E-state index contributed by atoms with van der Waals surface area (Å²) in [6.07, 6.45) is 1.16. The lowest BCUT2D eigenvalue weighted by Crippen LogP contribution is -2.36. The minimum absolute atomic E-state index is 0.00195. The van der Waals surface area contributed by atoms with E-state index in [2.05, 4.69) is 10.3 Å². The van der Waals surface area contributed by atoms with Gasteiger partial charge in [-0.2, -0.15) is 13.2 Å². The predicted molar refractivity (Wildman–Crippen MR) is 120 cm³/mol. The molecule has 1 saturated heterocycles. The maximum absolute atomic E-state index is 13.2. The van der Waals surface area contributed by atoms with E-state index in [1.54, 1.807) is 19.9 Å². The highest BCUT2D eigenvalue weighted by Gasteiger charge is 2.65. The molecule has 1 aromatic carbocycles. The molecular weight excluding hydrogens is 505 g/mol. The molecule has 0 bridgehead atoms. The van der Waals surface area contributed by atoms with Gasteiger partial charge in [0.1, 0.15) is 11.4 Å². The molecular formula is C22H21F3N4O6S. The molecule has 0 atom stereocenters. The second kappa shape index (κ2) is 8.76. The fraction of sp³-hybridized carbons (Fsp3) is 0.364. The van der Waals surface area contributed by atoms with Gasteiger partial charge in [0.15, 0.2) is 0 Å². The highest BCUT2D eigenvalue weighted by atomic mass is 32.2. The number of anilines is 2. The van der Waals surface area contributed by atoms with Gasteiger partial charge in [0.05, 0.1) is 16.7 Å². The van der Waals surface area contributed by atoms with E-state index in [9.17, 15) is 36.0 Å². The minimum Gasteiger partial charge on any atom is -0.447 e. The van der Waals surface area contributed by atoms with Gasteiger partial charge in [-0.1, -0.05) is 0 Å². The zero-order valence-electron chi connectivity index (χ0n) is 19.1. The summed E-state index contributed by atoms with van der Waals surface area (Å²) in [5, 5.41) is 2.48. The fourth-order valence-electron chi connectivity index (χ4n) is 3.84. The molecule has 14 heteroatoms. The number of nitrogens with one attached hydrogen (secondary N) is 1. The zero-order valence-corrected chi connectivity index (χ0v) is 19.9. The number of amides is 4. The van der Waals surface area contributed by atoms with Crippen molar-refractivity contribution in [1.82, 2.24) is 9.88 Å². The van der Waals surface area contributed by atoms with E-state index in [4.69, 9.17) is 4.74 Å². The van der Waals surface area contributed by atoms with Crippen LogP contribution < -0.4 is 10.2 Å². The van der Waals surface area contributed by atoms with Gasteiger partial charge < -0.3 is 9.64 Å². The van der Waals surface area contributed by atoms with Gasteiger partial charge >= 0.3 is 17.6 Å². The highest BCUT2D eigenvalue weighted by molar-refractivity contribution is 7.92. The summed E-state index contributed by atoms with van der Waals surface area (Å²) < 4.78 is 66.7. The Morgan fingerprint density at radius 2 is 1.81 bits per heavy atom. The molecule has 2 aromatic rings. The van der Waals surface area contributed by atoms with E-state index in [1.807, 2.05) is 0 Å². The largest absolute Gasteiger partial charge is 0.501 e. The Labute approximate surface area is 204 Å². The van der Waals surface area contributed by atoms with Crippen molar-refractivity contribution in [2.24, 2.45) is 0 Å². The lowest BCUT2D eigenvalue weighted by Gasteiger charge is -2.21.